The lowest BCUT2D eigenvalue weighted by atomic mass is 10.2. The Hall–Kier alpha value is -2.19. The first-order valence-electron chi connectivity index (χ1n) is 7.36. The van der Waals surface area contributed by atoms with Crippen LogP contribution in [-0.4, -0.2) is 33.8 Å². The summed E-state index contributed by atoms with van der Waals surface area (Å²) < 4.78 is 34.4. The number of sulfonamides is 1. The van der Waals surface area contributed by atoms with E-state index in [1.54, 1.807) is 13.8 Å². The molecule has 7 nitrogen and oxygen atoms in total. The highest BCUT2D eigenvalue weighted by Gasteiger charge is 2.34. The van der Waals surface area contributed by atoms with Crippen LogP contribution in [0.5, 0.6) is 0 Å². The highest BCUT2D eigenvalue weighted by molar-refractivity contribution is 7.89. The van der Waals surface area contributed by atoms with Gasteiger partial charge >= 0.3 is 0 Å². The zero-order chi connectivity index (χ0) is 16.2. The fraction of sp³-hybridized carbons (Fsp3) is 0.333. The molecule has 0 radical (unpaired) electrons. The molecule has 0 N–H and O–H groups in total. The van der Waals surface area contributed by atoms with E-state index in [9.17, 15) is 8.42 Å². The van der Waals surface area contributed by atoms with Gasteiger partial charge in [-0.25, -0.2) is 13.4 Å². The second-order valence-corrected chi connectivity index (χ2v) is 7.55. The van der Waals surface area contributed by atoms with Gasteiger partial charge in [0, 0.05) is 19.2 Å². The minimum atomic E-state index is -3.63. The van der Waals surface area contributed by atoms with Crippen molar-refractivity contribution >= 4 is 15.7 Å². The number of hydrogen-bond acceptors (Lipinski definition) is 5. The molecule has 23 heavy (non-hydrogen) atoms. The molecular weight excluding hydrogens is 316 g/mol. The molecule has 0 saturated carbocycles. The molecule has 0 fully saturated rings. The smallest absolute Gasteiger partial charge is 0.248 e. The topological polar surface area (TPSA) is 80.7 Å². The highest BCUT2D eigenvalue weighted by atomic mass is 32.2. The lowest BCUT2D eigenvalue weighted by molar-refractivity contribution is 0.377. The maximum atomic E-state index is 13.0. The number of fused-ring (bicyclic) bond motifs is 3. The first kappa shape index (κ1) is 14.4. The molecule has 0 aliphatic carbocycles. The van der Waals surface area contributed by atoms with Crippen LogP contribution in [0.15, 0.2) is 33.8 Å². The van der Waals surface area contributed by atoms with E-state index in [4.69, 9.17) is 4.52 Å². The van der Waals surface area contributed by atoms with Crippen molar-refractivity contribution in [3.8, 4) is 0 Å². The van der Waals surface area contributed by atoms with Crippen LogP contribution in [0.4, 0.5) is 0 Å². The number of aryl methyl sites for hydroxylation is 2. The fourth-order valence-electron chi connectivity index (χ4n) is 3.12. The average Bonchev–Trinajstić information content (AvgIpc) is 3.07. The third-order valence-corrected chi connectivity index (χ3v) is 6.29. The lowest BCUT2D eigenvalue weighted by Gasteiger charge is -2.25. The van der Waals surface area contributed by atoms with Crippen LogP contribution < -0.4 is 0 Å². The number of hydrogen-bond donors (Lipinski definition) is 0. The number of nitrogens with zero attached hydrogens (tertiary/aromatic N) is 4. The van der Waals surface area contributed by atoms with Crippen molar-refractivity contribution in [1.29, 1.82) is 0 Å². The van der Waals surface area contributed by atoms with Crippen LogP contribution in [0.1, 0.15) is 22.8 Å². The summed E-state index contributed by atoms with van der Waals surface area (Å²) in [5, 5.41) is 3.76. The van der Waals surface area contributed by atoms with E-state index >= 15 is 0 Å². The van der Waals surface area contributed by atoms with Gasteiger partial charge in [0.2, 0.25) is 10.0 Å². The van der Waals surface area contributed by atoms with Gasteiger partial charge in [0.15, 0.2) is 5.76 Å². The summed E-state index contributed by atoms with van der Waals surface area (Å²) in [5.74, 6) is 0.325. The van der Waals surface area contributed by atoms with Gasteiger partial charge in [-0.2, -0.15) is 4.31 Å². The van der Waals surface area contributed by atoms with Gasteiger partial charge in [-0.1, -0.05) is 11.2 Å². The summed E-state index contributed by atoms with van der Waals surface area (Å²) in [6.45, 7) is 3.97. The summed E-state index contributed by atoms with van der Waals surface area (Å²) in [5.41, 5.74) is 3.11. The van der Waals surface area contributed by atoms with Crippen molar-refractivity contribution in [1.82, 2.24) is 18.8 Å². The molecule has 0 amide bonds. The van der Waals surface area contributed by atoms with Gasteiger partial charge in [0.25, 0.3) is 0 Å². The third kappa shape index (κ3) is 2.09. The maximum Gasteiger partial charge on any atom is 0.248 e. The Balaban J connectivity index is 1.78. The Morgan fingerprint density at radius 3 is 2.83 bits per heavy atom. The standard InChI is InChI=1S/C15H16N4O3S/c1-10-15(11(2)22-17-10)23(20,21)18-8-6-12-13(9-18)19-7-4-3-5-14(19)16-12/h3-5,7H,6,8-9H2,1-2H3. The van der Waals surface area contributed by atoms with Crippen molar-refractivity contribution in [2.45, 2.75) is 31.7 Å². The Morgan fingerprint density at radius 1 is 1.26 bits per heavy atom. The van der Waals surface area contributed by atoms with Crippen molar-refractivity contribution in [3.05, 3.63) is 47.2 Å². The van der Waals surface area contributed by atoms with Crippen LogP contribution in [-0.2, 0) is 23.0 Å². The molecule has 0 atom stereocenters. The first-order chi connectivity index (χ1) is 11.0. The third-order valence-electron chi connectivity index (χ3n) is 4.20. The van der Waals surface area contributed by atoms with E-state index in [0.717, 1.165) is 17.0 Å². The first-order valence-corrected chi connectivity index (χ1v) is 8.80. The summed E-state index contributed by atoms with van der Waals surface area (Å²) >= 11 is 0. The minimum Gasteiger partial charge on any atom is -0.360 e. The molecular formula is C15H16N4O3S. The van der Waals surface area contributed by atoms with Gasteiger partial charge in [0.1, 0.15) is 16.2 Å². The molecule has 3 aromatic heterocycles. The second kappa shape index (κ2) is 4.90. The number of aromatic nitrogens is 3. The van der Waals surface area contributed by atoms with Crippen LogP contribution >= 0.6 is 0 Å². The number of pyridine rings is 1. The quantitative estimate of drug-likeness (QED) is 0.713. The summed E-state index contributed by atoms with van der Waals surface area (Å²) in [6.07, 6.45) is 2.51. The Kier molecular flexibility index (Phi) is 3.07. The molecule has 120 valence electrons. The zero-order valence-corrected chi connectivity index (χ0v) is 13.7. The van der Waals surface area contributed by atoms with Crippen LogP contribution in [0.2, 0.25) is 0 Å². The molecule has 0 saturated heterocycles. The van der Waals surface area contributed by atoms with Crippen molar-refractivity contribution in [2.24, 2.45) is 0 Å². The van der Waals surface area contributed by atoms with Gasteiger partial charge in [0.05, 0.1) is 17.9 Å². The maximum absolute atomic E-state index is 13.0. The zero-order valence-electron chi connectivity index (χ0n) is 12.9. The van der Waals surface area contributed by atoms with Gasteiger partial charge < -0.3 is 8.92 Å². The predicted octanol–water partition coefficient (Wildman–Crippen LogP) is 1.69. The van der Waals surface area contributed by atoms with Crippen LogP contribution in [0.25, 0.3) is 5.65 Å². The van der Waals surface area contributed by atoms with E-state index in [2.05, 4.69) is 10.1 Å². The van der Waals surface area contributed by atoms with Crippen molar-refractivity contribution in [3.63, 3.8) is 0 Å². The largest absolute Gasteiger partial charge is 0.360 e. The number of imidazole rings is 1. The van der Waals surface area contributed by atoms with Crippen molar-refractivity contribution < 1.29 is 12.9 Å². The Morgan fingerprint density at radius 2 is 2.09 bits per heavy atom. The minimum absolute atomic E-state index is 0.176. The number of rotatable bonds is 2. The van der Waals surface area contributed by atoms with E-state index in [1.807, 2.05) is 28.8 Å². The van der Waals surface area contributed by atoms with Crippen LogP contribution in [0, 0.1) is 13.8 Å². The van der Waals surface area contributed by atoms with Gasteiger partial charge in [-0.15, -0.1) is 0 Å². The fourth-order valence-corrected chi connectivity index (χ4v) is 4.81. The van der Waals surface area contributed by atoms with Gasteiger partial charge in [-0.3, -0.25) is 0 Å². The summed E-state index contributed by atoms with van der Waals surface area (Å²) in [7, 11) is -3.63. The van der Waals surface area contributed by atoms with Crippen molar-refractivity contribution in [2.75, 3.05) is 6.54 Å². The normalized spacial score (nSPS) is 15.9. The summed E-state index contributed by atoms with van der Waals surface area (Å²) in [6, 6.07) is 5.76. The lowest BCUT2D eigenvalue weighted by Crippen LogP contribution is -2.36. The molecule has 0 aromatic carbocycles. The van der Waals surface area contributed by atoms with Crippen LogP contribution in [0.3, 0.4) is 0 Å². The Bertz CT molecular complexity index is 984. The molecule has 4 heterocycles. The highest BCUT2D eigenvalue weighted by Crippen LogP contribution is 2.28. The molecule has 0 unspecified atom stereocenters. The predicted molar refractivity (Wildman–Crippen MR) is 82.5 cm³/mol. The second-order valence-electron chi connectivity index (χ2n) is 5.68. The molecule has 8 heteroatoms. The molecule has 0 bridgehead atoms. The SMILES string of the molecule is Cc1noc(C)c1S(=O)(=O)N1CCc2nc3ccccn3c2C1. The molecule has 0 spiro atoms. The van der Waals surface area contributed by atoms with E-state index in [-0.39, 0.29) is 4.90 Å². The molecule has 1 aliphatic heterocycles. The average molecular weight is 332 g/mol. The summed E-state index contributed by atoms with van der Waals surface area (Å²) in [4.78, 5) is 4.75. The molecule has 3 aromatic rings. The Labute approximate surface area is 133 Å². The molecule has 4 rings (SSSR count). The monoisotopic (exact) mass is 332 g/mol. The van der Waals surface area contributed by atoms with Gasteiger partial charge in [-0.05, 0) is 26.0 Å². The van der Waals surface area contributed by atoms with E-state index < -0.39 is 10.0 Å². The van der Waals surface area contributed by atoms with E-state index in [0.29, 0.717) is 31.0 Å². The molecule has 1 aliphatic rings. The van der Waals surface area contributed by atoms with E-state index in [1.165, 1.54) is 4.31 Å².